The molecule has 1 aliphatic carbocycles. The second kappa shape index (κ2) is 4.47. The zero-order valence-corrected chi connectivity index (χ0v) is 11.4. The highest BCUT2D eigenvalue weighted by Gasteiger charge is 2.39. The van der Waals surface area contributed by atoms with Crippen LogP contribution in [0.4, 0.5) is 0 Å². The average molecular weight is 261 g/mol. The third-order valence-electron chi connectivity index (χ3n) is 4.19. The summed E-state index contributed by atoms with van der Waals surface area (Å²) in [5, 5.41) is 0. The lowest BCUT2D eigenvalue weighted by Crippen LogP contribution is -2.33. The van der Waals surface area contributed by atoms with Crippen LogP contribution in [0.5, 0.6) is 0 Å². The monoisotopic (exact) mass is 261 g/mol. The molecule has 1 amide bonds. The number of rotatable bonds is 2. The molecule has 0 bridgehead atoms. The van der Waals surface area contributed by atoms with Crippen molar-refractivity contribution >= 4 is 5.91 Å². The van der Waals surface area contributed by atoms with Crippen molar-refractivity contribution in [2.75, 3.05) is 6.54 Å². The van der Waals surface area contributed by atoms with Crippen molar-refractivity contribution < 1.29 is 4.79 Å². The highest BCUT2D eigenvalue weighted by Crippen LogP contribution is 2.37. The quantitative estimate of drug-likeness (QED) is 0.876. The van der Waals surface area contributed by atoms with Crippen LogP contribution in [-0.2, 0) is 4.79 Å². The average Bonchev–Trinajstić information content (AvgIpc) is 3.11. The summed E-state index contributed by atoms with van der Waals surface area (Å²) in [6.07, 6.45) is 3.90. The van der Waals surface area contributed by atoms with Crippen LogP contribution in [0.1, 0.15) is 48.8 Å². The molecule has 0 aromatic carbocycles. The molecule has 1 N–H and O–H groups in total. The normalized spacial score (nSPS) is 22.8. The summed E-state index contributed by atoms with van der Waals surface area (Å²) in [4.78, 5) is 33.3. The lowest BCUT2D eigenvalue weighted by Gasteiger charge is -2.24. The highest BCUT2D eigenvalue weighted by atomic mass is 16.2. The van der Waals surface area contributed by atoms with Crippen molar-refractivity contribution in [3.63, 3.8) is 0 Å². The summed E-state index contributed by atoms with van der Waals surface area (Å²) in [5.74, 6) is 1.11. The van der Waals surface area contributed by atoms with Gasteiger partial charge in [-0.25, -0.2) is 4.98 Å². The van der Waals surface area contributed by atoms with E-state index in [1.165, 1.54) is 0 Å². The van der Waals surface area contributed by atoms with E-state index in [0.717, 1.165) is 37.9 Å². The summed E-state index contributed by atoms with van der Waals surface area (Å²) < 4.78 is 0. The number of likely N-dealkylation sites (tertiary alicyclic amines) is 1. The van der Waals surface area contributed by atoms with Gasteiger partial charge in [0.05, 0.1) is 6.04 Å². The summed E-state index contributed by atoms with van der Waals surface area (Å²) in [6.45, 7) is 4.40. The Kier molecular flexibility index (Phi) is 2.92. The van der Waals surface area contributed by atoms with E-state index in [1.807, 2.05) is 11.8 Å². The highest BCUT2D eigenvalue weighted by molar-refractivity contribution is 5.81. The topological polar surface area (TPSA) is 66.1 Å². The number of aromatic nitrogens is 2. The molecular weight excluding hydrogens is 242 g/mol. The Balaban J connectivity index is 1.92. The van der Waals surface area contributed by atoms with Gasteiger partial charge < -0.3 is 9.88 Å². The van der Waals surface area contributed by atoms with Crippen molar-refractivity contribution in [2.45, 2.75) is 45.6 Å². The van der Waals surface area contributed by atoms with Gasteiger partial charge in [0.2, 0.25) is 5.91 Å². The van der Waals surface area contributed by atoms with Gasteiger partial charge >= 0.3 is 0 Å². The predicted molar refractivity (Wildman–Crippen MR) is 70.7 cm³/mol. The van der Waals surface area contributed by atoms with Crippen molar-refractivity contribution in [1.82, 2.24) is 14.9 Å². The van der Waals surface area contributed by atoms with E-state index in [1.54, 1.807) is 6.92 Å². The van der Waals surface area contributed by atoms with Gasteiger partial charge in [-0.05, 0) is 39.5 Å². The maximum Gasteiger partial charge on any atom is 0.254 e. The van der Waals surface area contributed by atoms with Gasteiger partial charge in [-0.1, -0.05) is 0 Å². The standard InChI is InChI=1S/C14H19N3O2/c1-8-9(2)15-12(16-13(8)18)11-4-3-7-17(11)14(19)10-5-6-10/h10-11H,3-7H2,1-2H3,(H,15,16,18)/t11-/m0/s1. The van der Waals surface area contributed by atoms with Crippen LogP contribution in [0.25, 0.3) is 0 Å². The Hall–Kier alpha value is -1.65. The van der Waals surface area contributed by atoms with Crippen molar-refractivity contribution in [1.29, 1.82) is 0 Å². The predicted octanol–water partition coefficient (Wildman–Crippen LogP) is 1.46. The number of aromatic amines is 1. The maximum atomic E-state index is 12.2. The minimum atomic E-state index is -0.0896. The number of hydrogen-bond donors (Lipinski definition) is 1. The minimum absolute atomic E-state index is 0.0416. The maximum absolute atomic E-state index is 12.2. The van der Waals surface area contributed by atoms with Crippen molar-refractivity contribution in [3.05, 3.63) is 27.4 Å². The van der Waals surface area contributed by atoms with E-state index in [-0.39, 0.29) is 23.4 Å². The Bertz CT molecular complexity index is 575. The van der Waals surface area contributed by atoms with Gasteiger partial charge in [0.15, 0.2) is 0 Å². The van der Waals surface area contributed by atoms with E-state index >= 15 is 0 Å². The fourth-order valence-corrected chi connectivity index (χ4v) is 2.70. The van der Waals surface area contributed by atoms with Gasteiger partial charge in [-0.15, -0.1) is 0 Å². The molecule has 1 saturated heterocycles. The minimum Gasteiger partial charge on any atom is -0.332 e. The third kappa shape index (κ3) is 2.17. The molecular formula is C14H19N3O2. The van der Waals surface area contributed by atoms with Crippen LogP contribution < -0.4 is 5.56 Å². The van der Waals surface area contributed by atoms with Crippen molar-refractivity contribution in [3.8, 4) is 0 Å². The van der Waals surface area contributed by atoms with Gasteiger partial charge in [-0.2, -0.15) is 0 Å². The Morgan fingerprint density at radius 2 is 2.05 bits per heavy atom. The lowest BCUT2D eigenvalue weighted by molar-refractivity contribution is -0.133. The van der Waals surface area contributed by atoms with Crippen LogP contribution in [0.2, 0.25) is 0 Å². The van der Waals surface area contributed by atoms with Crippen LogP contribution in [-0.4, -0.2) is 27.3 Å². The molecule has 1 aromatic rings. The van der Waals surface area contributed by atoms with E-state index in [2.05, 4.69) is 9.97 Å². The fraction of sp³-hybridized carbons (Fsp3) is 0.643. The van der Waals surface area contributed by atoms with Gasteiger partial charge in [0.25, 0.3) is 5.56 Å². The summed E-state index contributed by atoms with van der Waals surface area (Å²) >= 11 is 0. The molecule has 5 nitrogen and oxygen atoms in total. The number of aryl methyl sites for hydroxylation is 1. The summed E-state index contributed by atoms with van der Waals surface area (Å²) in [6, 6.07) is -0.0416. The molecule has 102 valence electrons. The zero-order chi connectivity index (χ0) is 13.6. The molecule has 1 atom stereocenters. The third-order valence-corrected chi connectivity index (χ3v) is 4.19. The molecule has 2 heterocycles. The molecule has 3 rings (SSSR count). The first-order valence-corrected chi connectivity index (χ1v) is 6.96. The first-order valence-electron chi connectivity index (χ1n) is 6.96. The molecule has 1 aliphatic heterocycles. The van der Waals surface area contributed by atoms with Gasteiger partial charge in [0.1, 0.15) is 5.82 Å². The zero-order valence-electron chi connectivity index (χ0n) is 11.4. The summed E-state index contributed by atoms with van der Waals surface area (Å²) in [5.41, 5.74) is 1.32. The number of nitrogens with zero attached hydrogens (tertiary/aromatic N) is 2. The van der Waals surface area contributed by atoms with Crippen LogP contribution in [0.3, 0.4) is 0 Å². The molecule has 0 spiro atoms. The first-order chi connectivity index (χ1) is 9.08. The molecule has 19 heavy (non-hydrogen) atoms. The molecule has 1 saturated carbocycles. The Labute approximate surface area is 112 Å². The lowest BCUT2D eigenvalue weighted by atomic mass is 10.1. The molecule has 0 radical (unpaired) electrons. The molecule has 2 aliphatic rings. The number of carbonyl (C=O) groups is 1. The first kappa shape index (κ1) is 12.4. The smallest absolute Gasteiger partial charge is 0.254 e. The second-order valence-electron chi connectivity index (χ2n) is 5.63. The number of carbonyl (C=O) groups excluding carboxylic acids is 1. The molecule has 2 fully saturated rings. The van der Waals surface area contributed by atoms with Crippen LogP contribution in [0.15, 0.2) is 4.79 Å². The van der Waals surface area contributed by atoms with Gasteiger partial charge in [0, 0.05) is 23.7 Å². The number of hydrogen-bond acceptors (Lipinski definition) is 3. The van der Waals surface area contributed by atoms with E-state index < -0.39 is 0 Å². The van der Waals surface area contributed by atoms with E-state index in [4.69, 9.17) is 0 Å². The van der Waals surface area contributed by atoms with E-state index in [9.17, 15) is 9.59 Å². The number of nitrogens with one attached hydrogen (secondary N) is 1. The largest absolute Gasteiger partial charge is 0.332 e. The van der Waals surface area contributed by atoms with E-state index in [0.29, 0.717) is 11.4 Å². The van der Waals surface area contributed by atoms with Crippen LogP contribution in [0, 0.1) is 19.8 Å². The number of H-pyrrole nitrogens is 1. The Morgan fingerprint density at radius 3 is 2.68 bits per heavy atom. The van der Waals surface area contributed by atoms with Gasteiger partial charge in [-0.3, -0.25) is 9.59 Å². The fourth-order valence-electron chi connectivity index (χ4n) is 2.70. The number of amides is 1. The van der Waals surface area contributed by atoms with Crippen LogP contribution >= 0.6 is 0 Å². The summed E-state index contributed by atoms with van der Waals surface area (Å²) in [7, 11) is 0. The SMILES string of the molecule is Cc1nc([C@@H]2CCCN2C(=O)C2CC2)[nH]c(=O)c1C. The van der Waals surface area contributed by atoms with Crippen molar-refractivity contribution in [2.24, 2.45) is 5.92 Å². The molecule has 1 aromatic heterocycles. The Morgan fingerprint density at radius 1 is 1.32 bits per heavy atom. The molecule has 5 heteroatoms. The molecule has 0 unspecified atom stereocenters. The second-order valence-corrected chi connectivity index (χ2v) is 5.63.